The van der Waals surface area contributed by atoms with Gasteiger partial charge in [0.05, 0.1) is 10.5 Å². The third-order valence-corrected chi connectivity index (χ3v) is 6.34. The lowest BCUT2D eigenvalue weighted by Gasteiger charge is -2.15. The normalized spacial score (nSPS) is 17.7. The lowest BCUT2D eigenvalue weighted by Crippen LogP contribution is -2.20. The maximum Gasteiger partial charge on any atom is 0.416 e. The van der Waals surface area contributed by atoms with E-state index in [2.05, 4.69) is 16.5 Å². The third-order valence-electron chi connectivity index (χ3n) is 4.94. The van der Waals surface area contributed by atoms with Crippen LogP contribution in [0.5, 0.6) is 0 Å². The van der Waals surface area contributed by atoms with Gasteiger partial charge in [0.2, 0.25) is 0 Å². The van der Waals surface area contributed by atoms with Gasteiger partial charge in [0, 0.05) is 12.2 Å². The van der Waals surface area contributed by atoms with Crippen molar-refractivity contribution < 1.29 is 21.6 Å². The molecule has 0 aromatic heterocycles. The molecule has 1 aliphatic rings. The van der Waals surface area contributed by atoms with E-state index in [0.29, 0.717) is 11.6 Å². The molecular formula is C20H24ClF3N2O2S. The van der Waals surface area contributed by atoms with E-state index in [1.165, 1.54) is 0 Å². The van der Waals surface area contributed by atoms with Crippen molar-refractivity contribution in [2.45, 2.75) is 36.8 Å². The van der Waals surface area contributed by atoms with Gasteiger partial charge in [-0.05, 0) is 73.8 Å². The second kappa shape index (κ2) is 9.36. The van der Waals surface area contributed by atoms with E-state index < -0.39 is 21.8 Å². The van der Waals surface area contributed by atoms with E-state index in [9.17, 15) is 21.6 Å². The topological polar surface area (TPSA) is 49.4 Å². The highest BCUT2D eigenvalue weighted by atomic mass is 35.5. The van der Waals surface area contributed by atoms with Crippen molar-refractivity contribution >= 4 is 28.1 Å². The zero-order chi connectivity index (χ0) is 20.4. The summed E-state index contributed by atoms with van der Waals surface area (Å²) in [5.74, 6) is 0.437. The lowest BCUT2D eigenvalue weighted by molar-refractivity contribution is -0.137. The first kappa shape index (κ1) is 23.5. The highest BCUT2D eigenvalue weighted by Gasteiger charge is 2.30. The van der Waals surface area contributed by atoms with Gasteiger partial charge in [-0.3, -0.25) is 4.72 Å². The van der Waals surface area contributed by atoms with E-state index in [4.69, 9.17) is 0 Å². The minimum absolute atomic E-state index is 0. The van der Waals surface area contributed by atoms with Gasteiger partial charge in [0.25, 0.3) is 10.0 Å². The van der Waals surface area contributed by atoms with Gasteiger partial charge in [-0.25, -0.2) is 8.42 Å². The summed E-state index contributed by atoms with van der Waals surface area (Å²) in [6.45, 7) is 5.32. The van der Waals surface area contributed by atoms with Crippen molar-refractivity contribution in [3.8, 4) is 0 Å². The summed E-state index contributed by atoms with van der Waals surface area (Å²) < 4.78 is 65.1. The Hall–Kier alpha value is -1.77. The second-order valence-electron chi connectivity index (χ2n) is 7.04. The molecule has 4 nitrogen and oxygen atoms in total. The standard InChI is InChI=1S/C20H23F3N2O2S.ClH/c1-2-12-25-13-11-16(14-25)15-3-7-18(8-4-15)24-28(26,27)19-9-5-17(6-10-19)20(21,22)23;/h3-10,16,24H,2,11-14H2,1H3;1H. The van der Waals surface area contributed by atoms with Crippen molar-refractivity contribution in [1.29, 1.82) is 0 Å². The molecule has 1 fully saturated rings. The predicted octanol–water partition coefficient (Wildman–Crippen LogP) is 5.13. The first-order chi connectivity index (χ1) is 13.2. The number of halogens is 4. The van der Waals surface area contributed by atoms with Crippen LogP contribution in [0.3, 0.4) is 0 Å². The predicted molar refractivity (Wildman–Crippen MR) is 110 cm³/mol. The van der Waals surface area contributed by atoms with Gasteiger partial charge in [-0.15, -0.1) is 12.4 Å². The van der Waals surface area contributed by atoms with E-state index in [1.54, 1.807) is 12.1 Å². The summed E-state index contributed by atoms with van der Waals surface area (Å²) in [6.07, 6.45) is -2.30. The number of nitrogens with zero attached hydrogens (tertiary/aromatic N) is 1. The largest absolute Gasteiger partial charge is 0.416 e. The van der Waals surface area contributed by atoms with Crippen LogP contribution in [0.15, 0.2) is 53.4 Å². The lowest BCUT2D eigenvalue weighted by atomic mass is 9.98. The van der Waals surface area contributed by atoms with Crippen LogP contribution in [0.2, 0.25) is 0 Å². The van der Waals surface area contributed by atoms with Crippen LogP contribution in [0, 0.1) is 0 Å². The molecule has 0 bridgehead atoms. The molecule has 1 saturated heterocycles. The van der Waals surface area contributed by atoms with Gasteiger partial charge in [-0.1, -0.05) is 19.1 Å². The van der Waals surface area contributed by atoms with Gasteiger partial charge in [0.15, 0.2) is 0 Å². The van der Waals surface area contributed by atoms with Crippen LogP contribution < -0.4 is 4.72 Å². The van der Waals surface area contributed by atoms with E-state index in [0.717, 1.165) is 62.3 Å². The Morgan fingerprint density at radius 1 is 1.07 bits per heavy atom. The molecule has 0 aliphatic carbocycles. The molecule has 1 aliphatic heterocycles. The molecule has 2 aromatic rings. The molecule has 2 aromatic carbocycles. The van der Waals surface area contributed by atoms with E-state index in [1.807, 2.05) is 12.1 Å². The number of anilines is 1. The number of benzene rings is 2. The quantitative estimate of drug-likeness (QED) is 0.666. The van der Waals surface area contributed by atoms with Crippen LogP contribution in [0.4, 0.5) is 18.9 Å². The zero-order valence-corrected chi connectivity index (χ0v) is 17.6. The van der Waals surface area contributed by atoms with E-state index >= 15 is 0 Å². The van der Waals surface area contributed by atoms with Gasteiger partial charge >= 0.3 is 6.18 Å². The summed E-state index contributed by atoms with van der Waals surface area (Å²) in [5, 5.41) is 0. The Morgan fingerprint density at radius 2 is 1.69 bits per heavy atom. The molecule has 1 atom stereocenters. The zero-order valence-electron chi connectivity index (χ0n) is 15.9. The maximum atomic E-state index is 12.6. The number of likely N-dealkylation sites (tertiary alicyclic amines) is 1. The molecule has 9 heteroatoms. The van der Waals surface area contributed by atoms with Crippen molar-refractivity contribution in [2.24, 2.45) is 0 Å². The van der Waals surface area contributed by atoms with Gasteiger partial charge < -0.3 is 4.90 Å². The number of hydrogen-bond donors (Lipinski definition) is 1. The first-order valence-electron chi connectivity index (χ1n) is 9.21. The number of nitrogens with one attached hydrogen (secondary N) is 1. The monoisotopic (exact) mass is 448 g/mol. The Kier molecular flexibility index (Phi) is 7.59. The Bertz CT molecular complexity index is 901. The van der Waals surface area contributed by atoms with Crippen LogP contribution in [-0.4, -0.2) is 33.0 Å². The smallest absolute Gasteiger partial charge is 0.303 e. The Labute approximate surface area is 175 Å². The molecule has 0 radical (unpaired) electrons. The fraction of sp³-hybridized carbons (Fsp3) is 0.400. The number of rotatable bonds is 6. The number of hydrogen-bond acceptors (Lipinski definition) is 3. The van der Waals surface area contributed by atoms with Crippen molar-refractivity contribution in [3.63, 3.8) is 0 Å². The van der Waals surface area contributed by atoms with Crippen LogP contribution in [-0.2, 0) is 16.2 Å². The molecule has 1 unspecified atom stereocenters. The molecule has 0 saturated carbocycles. The average molecular weight is 449 g/mol. The Balaban J connectivity index is 0.00000300. The molecule has 1 N–H and O–H groups in total. The number of sulfonamides is 1. The summed E-state index contributed by atoms with van der Waals surface area (Å²) >= 11 is 0. The molecular weight excluding hydrogens is 425 g/mol. The second-order valence-corrected chi connectivity index (χ2v) is 8.72. The fourth-order valence-corrected chi connectivity index (χ4v) is 4.54. The molecule has 3 rings (SSSR count). The van der Waals surface area contributed by atoms with Crippen molar-refractivity contribution in [1.82, 2.24) is 4.90 Å². The summed E-state index contributed by atoms with van der Waals surface area (Å²) in [4.78, 5) is 2.21. The molecule has 0 amide bonds. The van der Waals surface area contributed by atoms with Crippen LogP contribution >= 0.6 is 12.4 Å². The van der Waals surface area contributed by atoms with E-state index in [-0.39, 0.29) is 17.3 Å². The summed E-state index contributed by atoms with van der Waals surface area (Å²) in [7, 11) is -3.95. The van der Waals surface area contributed by atoms with Crippen molar-refractivity contribution in [3.05, 3.63) is 59.7 Å². The summed E-state index contributed by atoms with van der Waals surface area (Å²) in [5.41, 5.74) is 0.660. The average Bonchev–Trinajstić information content (AvgIpc) is 3.10. The third kappa shape index (κ3) is 5.87. The molecule has 29 heavy (non-hydrogen) atoms. The Morgan fingerprint density at radius 3 is 2.24 bits per heavy atom. The SMILES string of the molecule is CCCN1CCC(c2ccc(NS(=O)(=O)c3ccc(C(F)(F)F)cc3)cc2)C1.Cl. The van der Waals surface area contributed by atoms with Crippen LogP contribution in [0.1, 0.15) is 36.8 Å². The minimum Gasteiger partial charge on any atom is -0.303 e. The molecule has 160 valence electrons. The first-order valence-corrected chi connectivity index (χ1v) is 10.7. The van der Waals surface area contributed by atoms with Crippen molar-refractivity contribution in [2.75, 3.05) is 24.4 Å². The summed E-state index contributed by atoms with van der Waals surface area (Å²) in [6, 6.07) is 10.6. The van der Waals surface area contributed by atoms with Crippen LogP contribution in [0.25, 0.3) is 0 Å². The number of alkyl halides is 3. The van der Waals surface area contributed by atoms with Gasteiger partial charge in [0.1, 0.15) is 0 Å². The highest BCUT2D eigenvalue weighted by Crippen LogP contribution is 2.31. The van der Waals surface area contributed by atoms with Gasteiger partial charge in [-0.2, -0.15) is 13.2 Å². The maximum absolute atomic E-state index is 12.6. The molecule has 0 spiro atoms. The highest BCUT2D eigenvalue weighted by molar-refractivity contribution is 7.92. The molecule has 1 heterocycles. The fourth-order valence-electron chi connectivity index (χ4n) is 3.48. The minimum atomic E-state index is -4.50.